The van der Waals surface area contributed by atoms with Crippen molar-refractivity contribution in [3.05, 3.63) is 16.8 Å². The third-order valence-electron chi connectivity index (χ3n) is 3.68. The zero-order valence-electron chi connectivity index (χ0n) is 14.5. The van der Waals surface area contributed by atoms with E-state index in [0.717, 1.165) is 21.7 Å². The molecule has 0 bridgehead atoms. The number of carbonyl (C=O) groups excluding carboxylic acids is 1. The molecule has 1 unspecified atom stereocenters. The average molecular weight is 389 g/mol. The molecule has 2 heterocycles. The summed E-state index contributed by atoms with van der Waals surface area (Å²) >= 11 is 3.13. The second-order valence-electron chi connectivity index (χ2n) is 6.06. The van der Waals surface area contributed by atoms with Crippen molar-refractivity contribution in [2.45, 2.75) is 45.2 Å². The molecule has 1 amide bonds. The molecule has 2 aromatic heterocycles. The Morgan fingerprint density at radius 3 is 2.71 bits per heavy atom. The molecule has 0 aromatic carbocycles. The van der Waals surface area contributed by atoms with Crippen molar-refractivity contribution in [2.75, 3.05) is 12.3 Å². The van der Waals surface area contributed by atoms with E-state index in [1.54, 1.807) is 17.7 Å². The van der Waals surface area contributed by atoms with E-state index in [0.29, 0.717) is 18.2 Å². The Morgan fingerprint density at radius 2 is 2.08 bits per heavy atom. The van der Waals surface area contributed by atoms with Crippen LogP contribution in [0.4, 0.5) is 0 Å². The minimum atomic E-state index is 0. The van der Waals surface area contributed by atoms with Crippen LogP contribution in [0.2, 0.25) is 0 Å². The van der Waals surface area contributed by atoms with Crippen LogP contribution in [0.3, 0.4) is 0 Å². The molecule has 0 aliphatic carbocycles. The number of amides is 1. The molecule has 5 nitrogen and oxygen atoms in total. The summed E-state index contributed by atoms with van der Waals surface area (Å²) in [6, 6.07) is 0.0404. The average Bonchev–Trinajstić information content (AvgIpc) is 2.79. The molecule has 0 fully saturated rings. The number of thioether (sulfide) groups is 1. The van der Waals surface area contributed by atoms with E-state index in [-0.39, 0.29) is 24.4 Å². The second kappa shape index (κ2) is 9.56. The van der Waals surface area contributed by atoms with Gasteiger partial charge in [-0.15, -0.1) is 23.7 Å². The normalized spacial score (nSPS) is 12.2. The SMILES string of the molecule is Cc1sc2ncnc(SCC(=O)NC(CN)CC(C)C)c2c1C.Cl. The highest BCUT2D eigenvalue weighted by molar-refractivity contribution is 8.00. The summed E-state index contributed by atoms with van der Waals surface area (Å²) in [6.45, 7) is 8.89. The molecule has 2 rings (SSSR count). The molecule has 0 saturated carbocycles. The van der Waals surface area contributed by atoms with Gasteiger partial charge in [0.15, 0.2) is 0 Å². The van der Waals surface area contributed by atoms with Crippen LogP contribution in [0.15, 0.2) is 11.4 Å². The lowest BCUT2D eigenvalue weighted by atomic mass is 10.0. The van der Waals surface area contributed by atoms with Crippen LogP contribution < -0.4 is 11.1 Å². The number of rotatable bonds is 7. The molecule has 1 atom stereocenters. The second-order valence-corrected chi connectivity index (χ2v) is 8.23. The van der Waals surface area contributed by atoms with Gasteiger partial charge in [0.25, 0.3) is 0 Å². The van der Waals surface area contributed by atoms with Crippen molar-refractivity contribution in [3.8, 4) is 0 Å². The molecular formula is C16H25ClN4OS2. The van der Waals surface area contributed by atoms with Crippen LogP contribution in [0.5, 0.6) is 0 Å². The zero-order chi connectivity index (χ0) is 17.0. The standard InChI is InChI=1S/C16H24N4OS2.ClH/c1-9(2)5-12(6-17)20-13(21)7-22-15-14-10(3)11(4)23-16(14)19-8-18-15;/h8-9,12H,5-7,17H2,1-4H3,(H,20,21);1H. The van der Waals surface area contributed by atoms with E-state index in [1.807, 2.05) is 0 Å². The molecule has 24 heavy (non-hydrogen) atoms. The van der Waals surface area contributed by atoms with Crippen molar-refractivity contribution in [2.24, 2.45) is 11.7 Å². The Balaban J connectivity index is 0.00000288. The topological polar surface area (TPSA) is 80.9 Å². The number of hydrogen-bond donors (Lipinski definition) is 2. The van der Waals surface area contributed by atoms with Crippen molar-refractivity contribution in [1.82, 2.24) is 15.3 Å². The van der Waals surface area contributed by atoms with Gasteiger partial charge < -0.3 is 11.1 Å². The van der Waals surface area contributed by atoms with Gasteiger partial charge in [-0.3, -0.25) is 4.79 Å². The van der Waals surface area contributed by atoms with Gasteiger partial charge in [-0.2, -0.15) is 0 Å². The zero-order valence-corrected chi connectivity index (χ0v) is 16.9. The summed E-state index contributed by atoms with van der Waals surface area (Å²) in [5, 5.41) is 4.96. The lowest BCUT2D eigenvalue weighted by Gasteiger charge is -2.18. The molecule has 0 radical (unpaired) electrons. The van der Waals surface area contributed by atoms with Crippen LogP contribution in [-0.4, -0.2) is 34.2 Å². The number of carbonyl (C=O) groups is 1. The van der Waals surface area contributed by atoms with Crippen molar-refractivity contribution in [1.29, 1.82) is 0 Å². The molecule has 2 aromatic rings. The molecule has 8 heteroatoms. The van der Waals surface area contributed by atoms with E-state index in [1.165, 1.54) is 22.2 Å². The number of aryl methyl sites for hydroxylation is 2. The molecular weight excluding hydrogens is 364 g/mol. The first-order valence-corrected chi connectivity index (χ1v) is 9.55. The summed E-state index contributed by atoms with van der Waals surface area (Å²) in [7, 11) is 0. The molecule has 0 aliphatic rings. The first-order valence-electron chi connectivity index (χ1n) is 7.75. The van der Waals surface area contributed by atoms with Gasteiger partial charge in [0.1, 0.15) is 16.2 Å². The Morgan fingerprint density at radius 1 is 1.38 bits per heavy atom. The number of aromatic nitrogens is 2. The Hall–Kier alpha value is -0.890. The van der Waals surface area contributed by atoms with Crippen LogP contribution >= 0.6 is 35.5 Å². The van der Waals surface area contributed by atoms with Gasteiger partial charge >= 0.3 is 0 Å². The fourth-order valence-electron chi connectivity index (χ4n) is 2.45. The summed E-state index contributed by atoms with van der Waals surface area (Å²) in [6.07, 6.45) is 2.47. The number of nitrogens with one attached hydrogen (secondary N) is 1. The summed E-state index contributed by atoms with van der Waals surface area (Å²) < 4.78 is 0. The highest BCUT2D eigenvalue weighted by atomic mass is 35.5. The number of fused-ring (bicyclic) bond motifs is 1. The maximum absolute atomic E-state index is 12.2. The molecule has 134 valence electrons. The van der Waals surface area contributed by atoms with E-state index in [4.69, 9.17) is 5.73 Å². The summed E-state index contributed by atoms with van der Waals surface area (Å²) in [4.78, 5) is 23.1. The maximum atomic E-state index is 12.2. The smallest absolute Gasteiger partial charge is 0.230 e. The van der Waals surface area contributed by atoms with E-state index >= 15 is 0 Å². The Kier molecular flexibility index (Phi) is 8.42. The van der Waals surface area contributed by atoms with Crippen LogP contribution in [0.1, 0.15) is 30.7 Å². The monoisotopic (exact) mass is 388 g/mol. The van der Waals surface area contributed by atoms with Gasteiger partial charge in [0, 0.05) is 22.8 Å². The summed E-state index contributed by atoms with van der Waals surface area (Å²) in [5.41, 5.74) is 6.93. The number of halogens is 1. The number of thiophene rings is 1. The molecule has 0 saturated heterocycles. The molecule has 0 aliphatic heterocycles. The first-order chi connectivity index (χ1) is 10.9. The van der Waals surface area contributed by atoms with Crippen molar-refractivity contribution >= 4 is 51.6 Å². The minimum Gasteiger partial charge on any atom is -0.351 e. The van der Waals surface area contributed by atoms with Gasteiger partial charge in [-0.1, -0.05) is 25.6 Å². The van der Waals surface area contributed by atoms with Crippen LogP contribution in [0, 0.1) is 19.8 Å². The summed E-state index contributed by atoms with van der Waals surface area (Å²) in [5.74, 6) is 0.853. The highest BCUT2D eigenvalue weighted by Crippen LogP contribution is 2.34. The number of hydrogen-bond acceptors (Lipinski definition) is 6. The molecule has 0 spiro atoms. The Bertz CT molecular complexity index is 690. The van der Waals surface area contributed by atoms with E-state index < -0.39 is 0 Å². The van der Waals surface area contributed by atoms with Gasteiger partial charge in [0.2, 0.25) is 5.91 Å². The predicted molar refractivity (Wildman–Crippen MR) is 105 cm³/mol. The van der Waals surface area contributed by atoms with Crippen molar-refractivity contribution in [3.63, 3.8) is 0 Å². The first kappa shape index (κ1) is 21.2. The van der Waals surface area contributed by atoms with E-state index in [9.17, 15) is 4.79 Å². The largest absolute Gasteiger partial charge is 0.351 e. The quantitative estimate of drug-likeness (QED) is 0.561. The lowest BCUT2D eigenvalue weighted by Crippen LogP contribution is -2.41. The third kappa shape index (κ3) is 5.31. The van der Waals surface area contributed by atoms with Gasteiger partial charge in [-0.25, -0.2) is 9.97 Å². The van der Waals surface area contributed by atoms with Crippen LogP contribution in [0.25, 0.3) is 10.2 Å². The highest BCUT2D eigenvalue weighted by Gasteiger charge is 2.16. The maximum Gasteiger partial charge on any atom is 0.230 e. The number of nitrogens with two attached hydrogens (primary N) is 1. The Labute approximate surface area is 157 Å². The lowest BCUT2D eigenvalue weighted by molar-refractivity contribution is -0.119. The number of nitrogens with zero attached hydrogens (tertiary/aromatic N) is 2. The fraction of sp³-hybridized carbons (Fsp3) is 0.562. The molecule has 3 N–H and O–H groups in total. The van der Waals surface area contributed by atoms with Crippen molar-refractivity contribution < 1.29 is 4.79 Å². The van der Waals surface area contributed by atoms with Crippen LogP contribution in [-0.2, 0) is 4.79 Å². The van der Waals surface area contributed by atoms with Gasteiger partial charge in [-0.05, 0) is 31.7 Å². The predicted octanol–water partition coefficient (Wildman–Crippen LogP) is 3.31. The van der Waals surface area contributed by atoms with E-state index in [2.05, 4.69) is 43.0 Å². The third-order valence-corrected chi connectivity index (χ3v) is 5.78. The van der Waals surface area contributed by atoms with Gasteiger partial charge in [0.05, 0.1) is 5.75 Å². The minimum absolute atomic E-state index is 0. The fourth-order valence-corrected chi connectivity index (χ4v) is 4.37.